The molecule has 0 aromatic carbocycles. The van der Waals surface area contributed by atoms with Crippen molar-refractivity contribution in [1.29, 1.82) is 0 Å². The van der Waals surface area contributed by atoms with Crippen LogP contribution in [-0.2, 0) is 28.6 Å². The van der Waals surface area contributed by atoms with Crippen LogP contribution in [0.2, 0.25) is 0 Å². The molecule has 1 unspecified atom stereocenters. The first kappa shape index (κ1) is 70.1. The van der Waals surface area contributed by atoms with E-state index in [-0.39, 0.29) is 31.1 Å². The average molecular weight is 1020 g/mol. The smallest absolute Gasteiger partial charge is 0.306 e. The van der Waals surface area contributed by atoms with Gasteiger partial charge in [0, 0.05) is 19.3 Å². The summed E-state index contributed by atoms with van der Waals surface area (Å²) in [5.41, 5.74) is 0. The molecule has 0 heterocycles. The first-order valence-corrected chi connectivity index (χ1v) is 31.8. The van der Waals surface area contributed by atoms with Gasteiger partial charge in [-0.3, -0.25) is 14.4 Å². The Labute approximate surface area is 453 Å². The van der Waals surface area contributed by atoms with Crippen molar-refractivity contribution in [1.82, 2.24) is 0 Å². The zero-order valence-corrected chi connectivity index (χ0v) is 48.7. The largest absolute Gasteiger partial charge is 0.462 e. The topological polar surface area (TPSA) is 78.9 Å². The van der Waals surface area contributed by atoms with Crippen LogP contribution in [0, 0.1) is 0 Å². The quantitative estimate of drug-likeness (QED) is 0.0261. The zero-order valence-electron chi connectivity index (χ0n) is 48.7. The summed E-state index contributed by atoms with van der Waals surface area (Å²) < 4.78 is 16.7. The van der Waals surface area contributed by atoms with Gasteiger partial charge in [-0.05, 0) is 64.2 Å². The van der Waals surface area contributed by atoms with Crippen LogP contribution in [0.5, 0.6) is 0 Å². The SMILES string of the molecule is CC/C=C\C/C=C\C/C=C\C/C=C\C/C=C\CCCCCCCCCCCCCCCCCCCCCC(=O)OCC(COC(=O)CCCCCCC)OC(=O)CCCCCCCCCCCCCCCCC. The highest BCUT2D eigenvalue weighted by Gasteiger charge is 2.19. The molecule has 0 saturated carbocycles. The summed E-state index contributed by atoms with van der Waals surface area (Å²) in [5.74, 6) is -0.864. The Hall–Kier alpha value is -2.89. The zero-order chi connectivity index (χ0) is 52.9. The van der Waals surface area contributed by atoms with Crippen molar-refractivity contribution in [2.24, 2.45) is 0 Å². The van der Waals surface area contributed by atoms with Crippen LogP contribution in [0.1, 0.15) is 329 Å². The molecular formula is C67H120O6. The third-order valence-corrected chi connectivity index (χ3v) is 14.0. The Bertz CT molecular complexity index is 1310. The number of rotatable bonds is 58. The van der Waals surface area contributed by atoms with Gasteiger partial charge in [0.25, 0.3) is 0 Å². The van der Waals surface area contributed by atoms with Crippen LogP contribution in [-0.4, -0.2) is 37.2 Å². The summed E-state index contributed by atoms with van der Waals surface area (Å²) in [7, 11) is 0. The number of unbranched alkanes of at least 4 members (excludes halogenated alkanes) is 37. The summed E-state index contributed by atoms with van der Waals surface area (Å²) in [6.45, 7) is 6.48. The molecule has 0 N–H and O–H groups in total. The molecule has 0 rings (SSSR count). The minimum absolute atomic E-state index is 0.0679. The number of ether oxygens (including phenoxy) is 3. The average Bonchev–Trinajstić information content (AvgIpc) is 3.39. The summed E-state index contributed by atoms with van der Waals surface area (Å²) in [6.07, 6.45) is 78.6. The molecule has 0 bridgehead atoms. The molecule has 0 amide bonds. The molecule has 0 radical (unpaired) electrons. The Morgan fingerprint density at radius 3 is 0.836 bits per heavy atom. The van der Waals surface area contributed by atoms with E-state index in [0.717, 1.165) is 96.3 Å². The van der Waals surface area contributed by atoms with Crippen molar-refractivity contribution >= 4 is 17.9 Å². The fourth-order valence-corrected chi connectivity index (χ4v) is 9.30. The molecule has 0 spiro atoms. The molecule has 0 aliphatic rings. The fraction of sp³-hybridized carbons (Fsp3) is 0.806. The molecule has 73 heavy (non-hydrogen) atoms. The lowest BCUT2D eigenvalue weighted by molar-refractivity contribution is -0.167. The van der Waals surface area contributed by atoms with Crippen LogP contribution >= 0.6 is 0 Å². The van der Waals surface area contributed by atoms with Crippen molar-refractivity contribution in [3.63, 3.8) is 0 Å². The van der Waals surface area contributed by atoms with Crippen molar-refractivity contribution in [3.05, 3.63) is 60.8 Å². The molecule has 0 aliphatic carbocycles. The second kappa shape index (κ2) is 61.7. The van der Waals surface area contributed by atoms with Gasteiger partial charge < -0.3 is 14.2 Å². The Kier molecular flexibility index (Phi) is 59.2. The van der Waals surface area contributed by atoms with Crippen molar-refractivity contribution in [2.45, 2.75) is 335 Å². The normalized spacial score (nSPS) is 12.4. The molecule has 6 heteroatoms. The third kappa shape index (κ3) is 59.9. The van der Waals surface area contributed by atoms with E-state index < -0.39 is 6.10 Å². The molecule has 0 fully saturated rings. The number of carbonyl (C=O) groups is 3. The van der Waals surface area contributed by atoms with Gasteiger partial charge in [0.05, 0.1) is 0 Å². The Morgan fingerprint density at radius 1 is 0.288 bits per heavy atom. The van der Waals surface area contributed by atoms with Crippen LogP contribution in [0.15, 0.2) is 60.8 Å². The summed E-state index contributed by atoms with van der Waals surface area (Å²) in [5, 5.41) is 0. The number of carbonyl (C=O) groups excluding carboxylic acids is 3. The highest BCUT2D eigenvalue weighted by Crippen LogP contribution is 2.17. The van der Waals surface area contributed by atoms with Gasteiger partial charge >= 0.3 is 17.9 Å². The molecule has 0 aromatic rings. The second-order valence-corrected chi connectivity index (χ2v) is 21.3. The predicted octanol–water partition coefficient (Wildman–Crippen LogP) is 21.6. The fourth-order valence-electron chi connectivity index (χ4n) is 9.30. The molecule has 0 saturated heterocycles. The lowest BCUT2D eigenvalue weighted by Gasteiger charge is -2.18. The first-order chi connectivity index (χ1) is 36.0. The van der Waals surface area contributed by atoms with Crippen LogP contribution < -0.4 is 0 Å². The maximum atomic E-state index is 12.8. The molecule has 0 aromatic heterocycles. The lowest BCUT2D eigenvalue weighted by atomic mass is 10.0. The van der Waals surface area contributed by atoms with Gasteiger partial charge in [-0.2, -0.15) is 0 Å². The number of esters is 3. The van der Waals surface area contributed by atoms with Crippen LogP contribution in [0.3, 0.4) is 0 Å². The summed E-state index contributed by atoms with van der Waals surface area (Å²) in [6, 6.07) is 0. The minimum atomic E-state index is -0.764. The van der Waals surface area contributed by atoms with Crippen LogP contribution in [0.25, 0.3) is 0 Å². The first-order valence-electron chi connectivity index (χ1n) is 31.8. The molecule has 1 atom stereocenters. The standard InChI is InChI=1S/C67H120O6/c1-4-7-10-13-15-17-19-21-23-24-25-26-27-28-29-30-31-32-33-34-35-36-37-38-39-40-41-42-44-45-47-49-51-54-57-60-66(69)72-63-64(62-71-65(68)59-56-53-12-9-6-3)73-67(70)61-58-55-52-50-48-46-43-22-20-18-16-14-11-8-5-2/h7,10,15,17,21,23,25-26,28-29,64H,4-6,8-9,11-14,16,18-20,22,24,27,30-63H2,1-3H3/b10-7-,17-15-,23-21-,26-25-,29-28-. The minimum Gasteiger partial charge on any atom is -0.462 e. The molecule has 0 aliphatic heterocycles. The van der Waals surface area contributed by atoms with E-state index in [1.54, 1.807) is 0 Å². The van der Waals surface area contributed by atoms with Crippen LogP contribution in [0.4, 0.5) is 0 Å². The molecule has 424 valence electrons. The van der Waals surface area contributed by atoms with E-state index in [4.69, 9.17) is 14.2 Å². The van der Waals surface area contributed by atoms with Gasteiger partial charge in [0.15, 0.2) is 6.10 Å². The summed E-state index contributed by atoms with van der Waals surface area (Å²) in [4.78, 5) is 37.8. The summed E-state index contributed by atoms with van der Waals surface area (Å²) >= 11 is 0. The Morgan fingerprint density at radius 2 is 0.534 bits per heavy atom. The van der Waals surface area contributed by atoms with E-state index in [1.807, 2.05) is 0 Å². The molecule has 6 nitrogen and oxygen atoms in total. The maximum absolute atomic E-state index is 12.8. The van der Waals surface area contributed by atoms with E-state index >= 15 is 0 Å². The van der Waals surface area contributed by atoms with E-state index in [0.29, 0.717) is 19.3 Å². The second-order valence-electron chi connectivity index (χ2n) is 21.3. The van der Waals surface area contributed by atoms with Crippen molar-refractivity contribution < 1.29 is 28.6 Å². The van der Waals surface area contributed by atoms with Gasteiger partial charge in [0.2, 0.25) is 0 Å². The van der Waals surface area contributed by atoms with E-state index in [9.17, 15) is 14.4 Å². The highest BCUT2D eigenvalue weighted by molar-refractivity contribution is 5.71. The van der Waals surface area contributed by atoms with Gasteiger partial charge in [-0.1, -0.05) is 306 Å². The number of allylic oxidation sites excluding steroid dienone is 10. The van der Waals surface area contributed by atoms with Gasteiger partial charge in [-0.15, -0.1) is 0 Å². The van der Waals surface area contributed by atoms with Gasteiger partial charge in [-0.25, -0.2) is 0 Å². The maximum Gasteiger partial charge on any atom is 0.306 e. The molecular weight excluding hydrogens is 901 g/mol. The number of hydrogen-bond acceptors (Lipinski definition) is 6. The Balaban J connectivity index is 3.88. The lowest BCUT2D eigenvalue weighted by Crippen LogP contribution is -2.30. The number of hydrogen-bond donors (Lipinski definition) is 0. The van der Waals surface area contributed by atoms with E-state index in [1.165, 1.54) is 193 Å². The monoisotopic (exact) mass is 1020 g/mol. The predicted molar refractivity (Wildman–Crippen MR) is 316 cm³/mol. The highest BCUT2D eigenvalue weighted by atomic mass is 16.6. The van der Waals surface area contributed by atoms with Crippen molar-refractivity contribution in [2.75, 3.05) is 13.2 Å². The van der Waals surface area contributed by atoms with Gasteiger partial charge in [0.1, 0.15) is 13.2 Å². The third-order valence-electron chi connectivity index (χ3n) is 14.0. The van der Waals surface area contributed by atoms with E-state index in [2.05, 4.69) is 81.5 Å². The van der Waals surface area contributed by atoms with Crippen molar-refractivity contribution in [3.8, 4) is 0 Å².